The second kappa shape index (κ2) is 4.73. The number of hydrogen-bond donors (Lipinski definition) is 0. The van der Waals surface area contributed by atoms with Crippen LogP contribution in [0.1, 0.15) is 33.3 Å². The third-order valence-electron chi connectivity index (χ3n) is 3.89. The Morgan fingerprint density at radius 3 is 2.32 bits per heavy atom. The number of rotatable bonds is 3. The summed E-state index contributed by atoms with van der Waals surface area (Å²) in [5.41, 5.74) is 0.0781. The fraction of sp³-hybridized carbons (Fsp3) is 0.500. The van der Waals surface area contributed by atoms with Crippen LogP contribution in [0.15, 0.2) is 18.2 Å². The standard InChI is InChI=1S/C14H18BFO3/c1-13(2)14(3,4)19-15(18-13)11-9-10(7-8-17)5-6-12(11)16/h5-6,8-9H,7H2,1-4H3. The van der Waals surface area contributed by atoms with E-state index in [0.29, 0.717) is 5.46 Å². The molecule has 0 radical (unpaired) electrons. The molecular formula is C14H18BFO3. The molecule has 102 valence electrons. The molecule has 0 spiro atoms. The van der Waals surface area contributed by atoms with Crippen molar-refractivity contribution in [2.45, 2.75) is 45.3 Å². The zero-order valence-corrected chi connectivity index (χ0v) is 11.7. The molecule has 1 aromatic rings. The topological polar surface area (TPSA) is 35.5 Å². The van der Waals surface area contributed by atoms with Crippen molar-refractivity contribution in [1.29, 1.82) is 0 Å². The molecule has 3 nitrogen and oxygen atoms in total. The van der Waals surface area contributed by atoms with Crippen LogP contribution in [0.5, 0.6) is 0 Å². The SMILES string of the molecule is CC1(C)OB(c2cc(CC=O)ccc2F)OC1(C)C. The predicted octanol–water partition coefficient (Wildman–Crippen LogP) is 1.87. The highest BCUT2D eigenvalue weighted by atomic mass is 19.1. The van der Waals surface area contributed by atoms with Crippen LogP contribution in [0.25, 0.3) is 0 Å². The van der Waals surface area contributed by atoms with Gasteiger partial charge in [-0.15, -0.1) is 0 Å². The minimum absolute atomic E-state index is 0.257. The van der Waals surface area contributed by atoms with Gasteiger partial charge in [0, 0.05) is 11.9 Å². The summed E-state index contributed by atoms with van der Waals surface area (Å²) in [6.07, 6.45) is 1.05. The lowest BCUT2D eigenvalue weighted by atomic mass is 9.77. The molecule has 0 aromatic heterocycles. The highest BCUT2D eigenvalue weighted by Gasteiger charge is 2.52. The molecule has 5 heteroatoms. The molecule has 1 aliphatic heterocycles. The van der Waals surface area contributed by atoms with E-state index in [0.717, 1.165) is 11.8 Å². The van der Waals surface area contributed by atoms with Crippen LogP contribution in [0.2, 0.25) is 0 Å². The molecule has 2 rings (SSSR count). The van der Waals surface area contributed by atoms with Crippen molar-refractivity contribution in [3.63, 3.8) is 0 Å². The van der Waals surface area contributed by atoms with Gasteiger partial charge < -0.3 is 14.1 Å². The van der Waals surface area contributed by atoms with Crippen molar-refractivity contribution in [1.82, 2.24) is 0 Å². The third kappa shape index (κ3) is 2.58. The summed E-state index contributed by atoms with van der Waals surface area (Å²) < 4.78 is 25.5. The van der Waals surface area contributed by atoms with Gasteiger partial charge in [0.05, 0.1) is 11.2 Å². The van der Waals surface area contributed by atoms with Gasteiger partial charge >= 0.3 is 7.12 Å². The van der Waals surface area contributed by atoms with Crippen LogP contribution in [0, 0.1) is 5.82 Å². The highest BCUT2D eigenvalue weighted by Crippen LogP contribution is 2.36. The summed E-state index contributed by atoms with van der Waals surface area (Å²) in [6, 6.07) is 4.57. The second-order valence-electron chi connectivity index (χ2n) is 5.81. The van der Waals surface area contributed by atoms with Gasteiger partial charge in [0.1, 0.15) is 12.1 Å². The molecule has 0 aliphatic carbocycles. The monoisotopic (exact) mass is 264 g/mol. The summed E-state index contributed by atoms with van der Waals surface area (Å²) >= 11 is 0. The highest BCUT2D eigenvalue weighted by molar-refractivity contribution is 6.62. The molecule has 0 N–H and O–H groups in total. The lowest BCUT2D eigenvalue weighted by Gasteiger charge is -2.32. The fourth-order valence-corrected chi connectivity index (χ4v) is 1.97. The maximum Gasteiger partial charge on any atom is 0.497 e. The van der Waals surface area contributed by atoms with Crippen molar-refractivity contribution < 1.29 is 18.5 Å². The van der Waals surface area contributed by atoms with Gasteiger partial charge in [0.25, 0.3) is 0 Å². The first-order chi connectivity index (χ1) is 8.77. The van der Waals surface area contributed by atoms with E-state index in [2.05, 4.69) is 0 Å². The number of benzene rings is 1. The average Bonchev–Trinajstić information content (AvgIpc) is 2.51. The molecule has 0 bridgehead atoms. The Kier molecular flexibility index (Phi) is 3.54. The molecule has 1 heterocycles. The van der Waals surface area contributed by atoms with Crippen LogP contribution >= 0.6 is 0 Å². The van der Waals surface area contributed by atoms with Crippen molar-refractivity contribution in [3.8, 4) is 0 Å². The Balaban J connectivity index is 2.33. The Hall–Kier alpha value is -1.20. The number of carbonyl (C=O) groups excluding carboxylic acids is 1. The zero-order chi connectivity index (χ0) is 14.3. The quantitative estimate of drug-likeness (QED) is 0.617. The van der Waals surface area contributed by atoms with Crippen LogP contribution in [-0.4, -0.2) is 24.6 Å². The number of carbonyl (C=O) groups is 1. The van der Waals surface area contributed by atoms with Gasteiger partial charge in [0.15, 0.2) is 0 Å². The molecule has 1 saturated heterocycles. The van der Waals surface area contributed by atoms with Crippen molar-refractivity contribution >= 4 is 18.9 Å². The van der Waals surface area contributed by atoms with E-state index < -0.39 is 18.3 Å². The van der Waals surface area contributed by atoms with E-state index in [-0.39, 0.29) is 12.2 Å². The molecule has 0 unspecified atom stereocenters. The van der Waals surface area contributed by atoms with Crippen molar-refractivity contribution in [2.75, 3.05) is 0 Å². The molecule has 1 fully saturated rings. The van der Waals surface area contributed by atoms with Gasteiger partial charge in [-0.2, -0.15) is 0 Å². The summed E-state index contributed by atoms with van der Waals surface area (Å²) in [4.78, 5) is 10.5. The lowest BCUT2D eigenvalue weighted by molar-refractivity contribution is -0.107. The van der Waals surface area contributed by atoms with E-state index in [1.165, 1.54) is 6.07 Å². The molecule has 0 saturated carbocycles. The van der Waals surface area contributed by atoms with E-state index >= 15 is 0 Å². The summed E-state index contributed by atoms with van der Waals surface area (Å²) in [6.45, 7) is 7.67. The summed E-state index contributed by atoms with van der Waals surface area (Å²) in [5.74, 6) is -0.381. The van der Waals surface area contributed by atoms with Gasteiger partial charge in [-0.05, 0) is 39.3 Å². The Morgan fingerprint density at radius 1 is 1.21 bits per heavy atom. The zero-order valence-electron chi connectivity index (χ0n) is 11.7. The maximum absolute atomic E-state index is 13.9. The largest absolute Gasteiger partial charge is 0.497 e. The smallest absolute Gasteiger partial charge is 0.399 e. The van der Waals surface area contributed by atoms with E-state index in [9.17, 15) is 9.18 Å². The van der Waals surface area contributed by atoms with Crippen molar-refractivity contribution in [3.05, 3.63) is 29.6 Å². The normalized spacial score (nSPS) is 20.6. The third-order valence-corrected chi connectivity index (χ3v) is 3.89. The molecule has 0 amide bonds. The van der Waals surface area contributed by atoms with Crippen LogP contribution in [-0.2, 0) is 20.5 Å². The minimum atomic E-state index is -0.739. The Labute approximate surface area is 113 Å². The lowest BCUT2D eigenvalue weighted by Crippen LogP contribution is -2.41. The van der Waals surface area contributed by atoms with Crippen LogP contribution < -0.4 is 5.46 Å². The fourth-order valence-electron chi connectivity index (χ4n) is 1.97. The molecule has 1 aliphatic rings. The predicted molar refractivity (Wildman–Crippen MR) is 71.9 cm³/mol. The van der Waals surface area contributed by atoms with E-state index in [1.54, 1.807) is 12.1 Å². The number of halogens is 1. The van der Waals surface area contributed by atoms with Gasteiger partial charge in [-0.3, -0.25) is 0 Å². The maximum atomic E-state index is 13.9. The van der Waals surface area contributed by atoms with Crippen LogP contribution in [0.3, 0.4) is 0 Å². The van der Waals surface area contributed by atoms with Gasteiger partial charge in [-0.1, -0.05) is 12.1 Å². The number of hydrogen-bond acceptors (Lipinski definition) is 3. The molecular weight excluding hydrogens is 246 g/mol. The van der Waals surface area contributed by atoms with Crippen LogP contribution in [0.4, 0.5) is 4.39 Å². The Bertz CT molecular complexity index is 483. The number of aldehydes is 1. The molecule has 0 atom stereocenters. The first-order valence-corrected chi connectivity index (χ1v) is 6.34. The van der Waals surface area contributed by atoms with Gasteiger partial charge in [0.2, 0.25) is 0 Å². The second-order valence-corrected chi connectivity index (χ2v) is 5.81. The Morgan fingerprint density at radius 2 is 1.79 bits per heavy atom. The van der Waals surface area contributed by atoms with E-state index in [4.69, 9.17) is 9.31 Å². The first-order valence-electron chi connectivity index (χ1n) is 6.34. The first kappa shape index (κ1) is 14.2. The minimum Gasteiger partial charge on any atom is -0.399 e. The summed E-state index contributed by atoms with van der Waals surface area (Å²) in [5, 5.41) is 0. The van der Waals surface area contributed by atoms with Gasteiger partial charge in [-0.25, -0.2) is 4.39 Å². The molecule has 19 heavy (non-hydrogen) atoms. The van der Waals surface area contributed by atoms with Crippen molar-refractivity contribution in [2.24, 2.45) is 0 Å². The average molecular weight is 264 g/mol. The molecule has 1 aromatic carbocycles. The van der Waals surface area contributed by atoms with E-state index in [1.807, 2.05) is 27.7 Å². The summed E-state index contributed by atoms with van der Waals surface area (Å²) in [7, 11) is -0.739.